The number of hydrazine groups is 1. The molecule has 0 aliphatic heterocycles. The molecule has 1 heterocycles. The van der Waals surface area contributed by atoms with E-state index in [1.54, 1.807) is 0 Å². The first-order valence-corrected chi connectivity index (χ1v) is 7.32. The molecule has 5 heteroatoms. The van der Waals surface area contributed by atoms with Gasteiger partial charge in [0.2, 0.25) is 0 Å². The molecule has 1 aromatic carbocycles. The molecule has 0 aliphatic rings. The summed E-state index contributed by atoms with van der Waals surface area (Å²) in [5.74, 6) is 6.64. The minimum atomic E-state index is -0.109. The molecule has 1 unspecified atom stereocenters. The molecule has 0 radical (unpaired) electrons. The summed E-state index contributed by atoms with van der Waals surface area (Å²) in [6, 6.07) is 9.95. The van der Waals surface area contributed by atoms with Gasteiger partial charge < -0.3 is 4.74 Å². The molecule has 5 nitrogen and oxygen atoms in total. The fraction of sp³-hybridized carbons (Fsp3) is 0.438. The minimum absolute atomic E-state index is 0.109. The fourth-order valence-electron chi connectivity index (χ4n) is 2.44. The zero-order valence-electron chi connectivity index (χ0n) is 13.1. The summed E-state index contributed by atoms with van der Waals surface area (Å²) in [6.07, 6.45) is 0.146. The molecule has 1 aromatic heterocycles. The van der Waals surface area contributed by atoms with Gasteiger partial charge in [-0.15, -0.1) is 0 Å². The van der Waals surface area contributed by atoms with Crippen molar-refractivity contribution in [3.63, 3.8) is 0 Å². The molecule has 0 spiro atoms. The van der Waals surface area contributed by atoms with Crippen molar-refractivity contribution >= 4 is 0 Å². The summed E-state index contributed by atoms with van der Waals surface area (Å²) in [6.45, 7) is 8.90. The van der Waals surface area contributed by atoms with Crippen LogP contribution in [0, 0.1) is 6.92 Å². The van der Waals surface area contributed by atoms with Crippen LogP contribution in [0.3, 0.4) is 0 Å². The Balaban J connectivity index is 2.36. The van der Waals surface area contributed by atoms with Crippen molar-refractivity contribution in [2.45, 2.75) is 46.4 Å². The van der Waals surface area contributed by atoms with Crippen molar-refractivity contribution in [3.05, 3.63) is 47.3 Å². The summed E-state index contributed by atoms with van der Waals surface area (Å²) < 4.78 is 7.72. The van der Waals surface area contributed by atoms with Crippen LogP contribution in [0.4, 0.5) is 0 Å². The molecule has 2 aromatic rings. The first-order valence-electron chi connectivity index (χ1n) is 7.32. The van der Waals surface area contributed by atoms with Crippen molar-refractivity contribution in [2.75, 3.05) is 0 Å². The summed E-state index contributed by atoms with van der Waals surface area (Å²) in [4.78, 5) is 0. The molecule has 2 rings (SSSR count). The van der Waals surface area contributed by atoms with Gasteiger partial charge in [-0.2, -0.15) is 5.10 Å². The normalized spacial score (nSPS) is 12.7. The molecule has 21 heavy (non-hydrogen) atoms. The van der Waals surface area contributed by atoms with Crippen LogP contribution in [0.25, 0.3) is 0 Å². The predicted octanol–water partition coefficient (Wildman–Crippen LogP) is 2.55. The summed E-state index contributed by atoms with van der Waals surface area (Å²) >= 11 is 0. The van der Waals surface area contributed by atoms with Gasteiger partial charge >= 0.3 is 0 Å². The first-order chi connectivity index (χ1) is 10.0. The topological polar surface area (TPSA) is 65.1 Å². The van der Waals surface area contributed by atoms with E-state index in [0.717, 1.165) is 29.2 Å². The summed E-state index contributed by atoms with van der Waals surface area (Å²) in [7, 11) is 0. The molecule has 0 fully saturated rings. The number of aryl methyl sites for hydroxylation is 2. The van der Waals surface area contributed by atoms with Crippen LogP contribution in [0.2, 0.25) is 0 Å². The standard InChI is InChI=1S/C16H24N4O/c1-5-20-15(9-12(4)19-20)16(18-17)13-7-6-8-14(10-13)21-11(2)3/h6-11,16,18H,5,17H2,1-4H3. The zero-order chi connectivity index (χ0) is 15.4. The number of nitrogens with two attached hydrogens (primary N) is 1. The number of benzene rings is 1. The Morgan fingerprint density at radius 2 is 2.10 bits per heavy atom. The number of ether oxygens (including phenoxy) is 1. The zero-order valence-corrected chi connectivity index (χ0v) is 13.1. The van der Waals surface area contributed by atoms with E-state index in [2.05, 4.69) is 23.5 Å². The average Bonchev–Trinajstić information content (AvgIpc) is 2.80. The van der Waals surface area contributed by atoms with Crippen molar-refractivity contribution in [3.8, 4) is 5.75 Å². The van der Waals surface area contributed by atoms with Crippen molar-refractivity contribution in [2.24, 2.45) is 5.84 Å². The number of nitrogens with one attached hydrogen (secondary N) is 1. The van der Waals surface area contributed by atoms with Gasteiger partial charge in [-0.1, -0.05) is 12.1 Å². The van der Waals surface area contributed by atoms with Crippen LogP contribution in [-0.2, 0) is 6.54 Å². The lowest BCUT2D eigenvalue weighted by molar-refractivity contribution is 0.242. The lowest BCUT2D eigenvalue weighted by Gasteiger charge is -2.19. The van der Waals surface area contributed by atoms with E-state index in [-0.39, 0.29) is 12.1 Å². The highest BCUT2D eigenvalue weighted by Gasteiger charge is 2.18. The van der Waals surface area contributed by atoms with Crippen LogP contribution < -0.4 is 16.0 Å². The smallest absolute Gasteiger partial charge is 0.120 e. The largest absolute Gasteiger partial charge is 0.491 e. The maximum absolute atomic E-state index is 5.79. The minimum Gasteiger partial charge on any atom is -0.491 e. The number of aromatic nitrogens is 2. The van der Waals surface area contributed by atoms with Crippen molar-refractivity contribution < 1.29 is 4.74 Å². The summed E-state index contributed by atoms with van der Waals surface area (Å²) in [5, 5.41) is 4.48. The third-order valence-electron chi connectivity index (χ3n) is 3.26. The first kappa shape index (κ1) is 15.5. The van der Waals surface area contributed by atoms with Gasteiger partial charge in [0.05, 0.1) is 23.5 Å². The Kier molecular flexibility index (Phi) is 4.98. The van der Waals surface area contributed by atoms with Crippen LogP contribution >= 0.6 is 0 Å². The Morgan fingerprint density at radius 1 is 1.33 bits per heavy atom. The van der Waals surface area contributed by atoms with Gasteiger partial charge in [-0.25, -0.2) is 5.43 Å². The quantitative estimate of drug-likeness (QED) is 0.633. The fourth-order valence-corrected chi connectivity index (χ4v) is 2.44. The van der Waals surface area contributed by atoms with E-state index in [1.165, 1.54) is 0 Å². The highest BCUT2D eigenvalue weighted by Crippen LogP contribution is 2.25. The molecule has 0 saturated carbocycles. The average molecular weight is 288 g/mol. The van der Waals surface area contributed by atoms with E-state index in [4.69, 9.17) is 10.6 Å². The molecule has 0 bridgehead atoms. The Labute approximate surface area is 126 Å². The van der Waals surface area contributed by atoms with Gasteiger partial charge in [0.15, 0.2) is 0 Å². The van der Waals surface area contributed by atoms with Crippen LogP contribution in [0.1, 0.15) is 43.8 Å². The SMILES string of the molecule is CCn1nc(C)cc1C(NN)c1cccc(OC(C)C)c1. The highest BCUT2D eigenvalue weighted by atomic mass is 16.5. The monoisotopic (exact) mass is 288 g/mol. The lowest BCUT2D eigenvalue weighted by atomic mass is 10.0. The van der Waals surface area contributed by atoms with Gasteiger partial charge in [0.1, 0.15) is 5.75 Å². The third kappa shape index (κ3) is 3.62. The second-order valence-electron chi connectivity index (χ2n) is 5.37. The van der Waals surface area contributed by atoms with E-state index < -0.39 is 0 Å². The predicted molar refractivity (Wildman–Crippen MR) is 84.0 cm³/mol. The second-order valence-corrected chi connectivity index (χ2v) is 5.37. The van der Waals surface area contributed by atoms with E-state index in [9.17, 15) is 0 Å². The maximum Gasteiger partial charge on any atom is 0.120 e. The van der Waals surface area contributed by atoms with Crippen LogP contribution in [0.15, 0.2) is 30.3 Å². The van der Waals surface area contributed by atoms with E-state index >= 15 is 0 Å². The molecule has 0 amide bonds. The van der Waals surface area contributed by atoms with Gasteiger partial charge in [0.25, 0.3) is 0 Å². The van der Waals surface area contributed by atoms with Crippen LogP contribution in [0.5, 0.6) is 5.75 Å². The molecule has 3 N–H and O–H groups in total. The Hall–Kier alpha value is -1.85. The van der Waals surface area contributed by atoms with Crippen LogP contribution in [-0.4, -0.2) is 15.9 Å². The lowest BCUT2D eigenvalue weighted by Crippen LogP contribution is -2.30. The van der Waals surface area contributed by atoms with Gasteiger partial charge in [0, 0.05) is 6.54 Å². The molecular weight excluding hydrogens is 264 g/mol. The highest BCUT2D eigenvalue weighted by molar-refractivity contribution is 5.35. The number of hydrogen-bond acceptors (Lipinski definition) is 4. The maximum atomic E-state index is 5.79. The Morgan fingerprint density at radius 3 is 2.71 bits per heavy atom. The third-order valence-corrected chi connectivity index (χ3v) is 3.26. The molecular formula is C16H24N4O. The van der Waals surface area contributed by atoms with Gasteiger partial charge in [-0.05, 0) is 51.5 Å². The summed E-state index contributed by atoms with van der Waals surface area (Å²) in [5.41, 5.74) is 5.99. The van der Waals surface area contributed by atoms with Crippen molar-refractivity contribution in [1.82, 2.24) is 15.2 Å². The second kappa shape index (κ2) is 6.74. The van der Waals surface area contributed by atoms with Crippen molar-refractivity contribution in [1.29, 1.82) is 0 Å². The molecule has 1 atom stereocenters. The Bertz CT molecular complexity index is 592. The number of rotatable bonds is 6. The number of hydrogen-bond donors (Lipinski definition) is 2. The number of nitrogens with zero attached hydrogens (tertiary/aromatic N) is 2. The van der Waals surface area contributed by atoms with E-state index in [0.29, 0.717) is 0 Å². The van der Waals surface area contributed by atoms with Gasteiger partial charge in [-0.3, -0.25) is 10.5 Å². The molecule has 0 aliphatic carbocycles. The molecule has 114 valence electrons. The van der Waals surface area contributed by atoms with E-state index in [1.807, 2.05) is 49.7 Å². The molecule has 0 saturated heterocycles.